The molecule has 2 aliphatic rings. The minimum Gasteiger partial charge on any atom is -0.375 e. The molecule has 7 heteroatoms. The highest BCUT2D eigenvalue weighted by Gasteiger charge is 2.33. The molecule has 2 aromatic carbocycles. The number of hydrogen-bond donors (Lipinski definition) is 1. The Bertz CT molecular complexity index is 1330. The number of fused-ring (bicyclic) bond motifs is 1. The summed E-state index contributed by atoms with van der Waals surface area (Å²) in [6.07, 6.45) is 8.22. The maximum Gasteiger partial charge on any atom is 0.266 e. The van der Waals surface area contributed by atoms with E-state index in [9.17, 15) is 13.2 Å². The van der Waals surface area contributed by atoms with Crippen molar-refractivity contribution in [2.24, 2.45) is 0 Å². The van der Waals surface area contributed by atoms with Crippen LogP contribution >= 0.6 is 0 Å². The van der Waals surface area contributed by atoms with Crippen LogP contribution in [0.25, 0.3) is 5.57 Å². The van der Waals surface area contributed by atoms with Crippen LogP contribution < -0.4 is 9.62 Å². The Labute approximate surface area is 195 Å². The van der Waals surface area contributed by atoms with Gasteiger partial charge in [0.15, 0.2) is 5.71 Å². The lowest BCUT2D eigenvalue weighted by molar-refractivity contribution is -0.491. The van der Waals surface area contributed by atoms with Gasteiger partial charge in [-0.3, -0.25) is 4.79 Å². The van der Waals surface area contributed by atoms with Gasteiger partial charge < -0.3 is 4.90 Å². The van der Waals surface area contributed by atoms with Crippen molar-refractivity contribution in [1.29, 1.82) is 0 Å². The number of anilines is 1. The van der Waals surface area contributed by atoms with E-state index >= 15 is 0 Å². The van der Waals surface area contributed by atoms with E-state index in [-0.39, 0.29) is 10.5 Å². The lowest BCUT2D eigenvalue weighted by atomic mass is 9.90. The number of benzene rings is 2. The van der Waals surface area contributed by atoms with Crippen LogP contribution in [0.15, 0.2) is 77.2 Å². The van der Waals surface area contributed by atoms with Crippen LogP contribution in [0.3, 0.4) is 0 Å². The molecule has 0 spiro atoms. The molecule has 1 heterocycles. The molecule has 6 nitrogen and oxygen atoms in total. The summed E-state index contributed by atoms with van der Waals surface area (Å²) in [7, 11) is 0.235. The van der Waals surface area contributed by atoms with Crippen LogP contribution in [0, 0.1) is 0 Å². The standard InChI is InChI=1S/C26H27N3O3S/c1-5-28(3)21-12-7-18(8-13-21)25(19-9-14-22(15-10-19)29(4)6-2)20-11-16-23-24(17-20)33(31,32)27-26(23)30/h7-17H,5-6H2,1-4H3/p+1. The Morgan fingerprint density at radius 2 is 1.61 bits per heavy atom. The third-order valence-electron chi connectivity index (χ3n) is 6.17. The predicted octanol–water partition coefficient (Wildman–Crippen LogP) is 3.61. The Morgan fingerprint density at radius 1 is 0.970 bits per heavy atom. The zero-order valence-corrected chi connectivity index (χ0v) is 20.1. The molecule has 1 aliphatic heterocycles. The molecular formula is C26H28N3O3S+. The molecule has 0 aromatic heterocycles. The summed E-state index contributed by atoms with van der Waals surface area (Å²) in [5, 5.41) is 0. The van der Waals surface area contributed by atoms with Crippen molar-refractivity contribution >= 4 is 32.9 Å². The van der Waals surface area contributed by atoms with Gasteiger partial charge in [-0.05, 0) is 72.5 Å². The van der Waals surface area contributed by atoms with E-state index in [4.69, 9.17) is 0 Å². The molecule has 0 radical (unpaired) electrons. The number of carbonyl (C=O) groups is 1. The van der Waals surface area contributed by atoms with Gasteiger partial charge in [0, 0.05) is 31.4 Å². The SMILES string of the molecule is CCN(C)c1ccc(C(=C2C=CC(=[N+](C)CC)C=C2)c2ccc3c(c2)S(=O)(=O)NC3=O)cc1. The average molecular weight is 463 g/mol. The van der Waals surface area contributed by atoms with E-state index in [1.54, 1.807) is 12.1 Å². The third-order valence-corrected chi connectivity index (χ3v) is 7.54. The monoisotopic (exact) mass is 462 g/mol. The summed E-state index contributed by atoms with van der Waals surface area (Å²) in [4.78, 5) is 14.2. The van der Waals surface area contributed by atoms with E-state index in [0.29, 0.717) is 0 Å². The lowest BCUT2D eigenvalue weighted by Crippen LogP contribution is -2.20. The van der Waals surface area contributed by atoms with Crippen LogP contribution in [0.4, 0.5) is 5.69 Å². The molecule has 0 saturated carbocycles. The topological polar surface area (TPSA) is 69.5 Å². The Morgan fingerprint density at radius 3 is 2.21 bits per heavy atom. The molecule has 1 N–H and O–H groups in total. The van der Waals surface area contributed by atoms with Gasteiger partial charge in [-0.1, -0.05) is 18.2 Å². The normalized spacial score (nSPS) is 15.9. The van der Waals surface area contributed by atoms with E-state index < -0.39 is 15.9 Å². The fraction of sp³-hybridized carbons (Fsp3) is 0.231. The second-order valence-corrected chi connectivity index (χ2v) is 9.79. The number of nitrogens with zero attached hydrogens (tertiary/aromatic N) is 2. The maximum atomic E-state index is 12.5. The number of rotatable bonds is 5. The van der Waals surface area contributed by atoms with Gasteiger partial charge in [0.05, 0.1) is 5.56 Å². The summed E-state index contributed by atoms with van der Waals surface area (Å²) in [6, 6.07) is 13.2. The summed E-state index contributed by atoms with van der Waals surface area (Å²) in [6.45, 7) is 5.99. The van der Waals surface area contributed by atoms with Crippen molar-refractivity contribution in [2.45, 2.75) is 18.7 Å². The second-order valence-electron chi connectivity index (χ2n) is 8.14. The van der Waals surface area contributed by atoms with Crippen molar-refractivity contribution < 1.29 is 17.8 Å². The summed E-state index contributed by atoms with van der Waals surface area (Å²) < 4.78 is 29.1. The molecule has 1 aliphatic carbocycles. The van der Waals surface area contributed by atoms with Crippen molar-refractivity contribution in [3.8, 4) is 0 Å². The van der Waals surface area contributed by atoms with Crippen LogP contribution in [0.1, 0.15) is 35.3 Å². The summed E-state index contributed by atoms with van der Waals surface area (Å²) in [5.41, 5.74) is 5.96. The Balaban J connectivity index is 1.89. The maximum absolute atomic E-state index is 12.5. The number of allylic oxidation sites excluding steroid dienone is 5. The smallest absolute Gasteiger partial charge is 0.266 e. The molecule has 0 fully saturated rings. The molecule has 2 aromatic rings. The average Bonchev–Trinajstić information content (AvgIpc) is 3.06. The van der Waals surface area contributed by atoms with Crippen LogP contribution in [0.5, 0.6) is 0 Å². The minimum atomic E-state index is -3.84. The van der Waals surface area contributed by atoms with Gasteiger partial charge in [0.2, 0.25) is 0 Å². The van der Waals surface area contributed by atoms with Crippen LogP contribution in [0.2, 0.25) is 0 Å². The second kappa shape index (κ2) is 8.83. The quantitative estimate of drug-likeness (QED) is 0.690. The van der Waals surface area contributed by atoms with Crippen molar-refractivity contribution in [2.75, 3.05) is 32.1 Å². The molecule has 0 atom stereocenters. The minimum absolute atomic E-state index is 0.0205. The molecule has 170 valence electrons. The molecule has 33 heavy (non-hydrogen) atoms. The van der Waals surface area contributed by atoms with Gasteiger partial charge in [-0.15, -0.1) is 0 Å². The fourth-order valence-electron chi connectivity index (χ4n) is 3.95. The Hall–Kier alpha value is -3.45. The van der Waals surface area contributed by atoms with Crippen LogP contribution in [-0.2, 0) is 10.0 Å². The first-order chi connectivity index (χ1) is 15.7. The largest absolute Gasteiger partial charge is 0.375 e. The first kappa shape index (κ1) is 22.7. The van der Waals surface area contributed by atoms with E-state index in [1.165, 1.54) is 0 Å². The molecule has 0 saturated heterocycles. The van der Waals surface area contributed by atoms with E-state index in [0.717, 1.165) is 46.8 Å². The number of hydrogen-bond acceptors (Lipinski definition) is 4. The zero-order valence-electron chi connectivity index (χ0n) is 19.3. The zero-order chi connectivity index (χ0) is 23.8. The number of carbonyl (C=O) groups excluding carboxylic acids is 1. The molecule has 0 unspecified atom stereocenters. The number of sulfonamides is 1. The third kappa shape index (κ3) is 4.28. The first-order valence-electron chi connectivity index (χ1n) is 11.0. The highest BCUT2D eigenvalue weighted by Crippen LogP contribution is 2.34. The van der Waals surface area contributed by atoms with Crippen molar-refractivity contribution in [3.63, 3.8) is 0 Å². The Kier molecular flexibility index (Phi) is 6.08. The fourth-order valence-corrected chi connectivity index (χ4v) is 5.15. The van der Waals surface area contributed by atoms with Crippen molar-refractivity contribution in [1.82, 2.24) is 4.72 Å². The van der Waals surface area contributed by atoms with Crippen LogP contribution in [-0.4, -0.2) is 51.8 Å². The summed E-state index contributed by atoms with van der Waals surface area (Å²) in [5.74, 6) is -0.586. The van der Waals surface area contributed by atoms with Gasteiger partial charge in [0.1, 0.15) is 18.5 Å². The van der Waals surface area contributed by atoms with E-state index in [1.807, 2.05) is 44.4 Å². The molecular weight excluding hydrogens is 434 g/mol. The summed E-state index contributed by atoms with van der Waals surface area (Å²) >= 11 is 0. The molecule has 1 amide bonds. The predicted molar refractivity (Wildman–Crippen MR) is 133 cm³/mol. The van der Waals surface area contributed by atoms with Gasteiger partial charge in [-0.25, -0.2) is 17.7 Å². The first-order valence-corrected chi connectivity index (χ1v) is 12.4. The lowest BCUT2D eigenvalue weighted by Gasteiger charge is -2.19. The van der Waals surface area contributed by atoms with Gasteiger partial charge in [-0.2, -0.15) is 0 Å². The van der Waals surface area contributed by atoms with Gasteiger partial charge in [0.25, 0.3) is 15.9 Å². The number of nitrogens with one attached hydrogen (secondary N) is 1. The van der Waals surface area contributed by atoms with E-state index in [2.05, 4.69) is 52.3 Å². The molecule has 4 rings (SSSR count). The highest BCUT2D eigenvalue weighted by molar-refractivity contribution is 7.90. The molecule has 0 bridgehead atoms. The van der Waals surface area contributed by atoms with Crippen molar-refractivity contribution in [3.05, 3.63) is 89.0 Å². The van der Waals surface area contributed by atoms with Gasteiger partial charge >= 0.3 is 0 Å². The highest BCUT2D eigenvalue weighted by atomic mass is 32.2. The number of amides is 1.